The van der Waals surface area contributed by atoms with Gasteiger partial charge >= 0.3 is 0 Å². The first kappa shape index (κ1) is 22.1. The number of hydrogen-bond donors (Lipinski definition) is 2. The van der Waals surface area contributed by atoms with Crippen LogP contribution < -0.4 is 9.47 Å². The largest absolute Gasteiger partial charge is 0.508 e. The van der Waals surface area contributed by atoms with Crippen molar-refractivity contribution in [1.29, 1.82) is 0 Å². The van der Waals surface area contributed by atoms with Crippen molar-refractivity contribution >= 4 is 11.6 Å². The summed E-state index contributed by atoms with van der Waals surface area (Å²) in [5, 5.41) is 23.7. The Morgan fingerprint density at radius 2 is 1.86 bits per heavy atom. The number of aromatic hydroxyl groups is 1. The lowest BCUT2D eigenvalue weighted by Gasteiger charge is -2.22. The highest BCUT2D eigenvalue weighted by Crippen LogP contribution is 2.39. The number of ether oxygens (including phenoxy) is 2. The van der Waals surface area contributed by atoms with Crippen molar-refractivity contribution in [2.75, 3.05) is 14.2 Å². The van der Waals surface area contributed by atoms with Gasteiger partial charge in [0.1, 0.15) is 5.75 Å². The van der Waals surface area contributed by atoms with Crippen LogP contribution in [0.25, 0.3) is 11.3 Å². The molecule has 0 saturated heterocycles. The van der Waals surface area contributed by atoms with E-state index in [2.05, 4.69) is 20.3 Å². The highest BCUT2D eigenvalue weighted by atomic mass is 16.5. The number of nitrogens with one attached hydrogen (secondary N) is 1. The lowest BCUT2D eigenvalue weighted by atomic mass is 9.98. The molecule has 1 atom stereocenters. The van der Waals surface area contributed by atoms with Gasteiger partial charge in [-0.1, -0.05) is 24.3 Å². The zero-order chi connectivity index (χ0) is 24.4. The molecule has 5 rings (SSSR count). The SMILES string of the molecule is COc1ccc(-c2[nH]ncc2C(=O)N2N=C(c3cccnc3)CC2c2ccccc2O)cc1OC. The van der Waals surface area contributed by atoms with Crippen molar-refractivity contribution in [3.63, 3.8) is 0 Å². The fraction of sp³-hybridized carbons (Fsp3) is 0.154. The molecule has 2 aromatic carbocycles. The highest BCUT2D eigenvalue weighted by Gasteiger charge is 2.36. The molecule has 1 aliphatic rings. The summed E-state index contributed by atoms with van der Waals surface area (Å²) < 4.78 is 10.7. The number of aromatic nitrogens is 3. The van der Waals surface area contributed by atoms with Crippen LogP contribution in [0.15, 0.2) is 78.3 Å². The molecule has 3 heterocycles. The molecule has 2 N–H and O–H groups in total. The van der Waals surface area contributed by atoms with Crippen molar-refractivity contribution in [1.82, 2.24) is 20.2 Å². The van der Waals surface area contributed by atoms with Crippen molar-refractivity contribution in [3.8, 4) is 28.5 Å². The summed E-state index contributed by atoms with van der Waals surface area (Å²) in [5.74, 6) is 0.859. The van der Waals surface area contributed by atoms with Crippen LogP contribution in [0.5, 0.6) is 17.2 Å². The number of nitrogens with zero attached hydrogens (tertiary/aromatic N) is 4. The number of phenols is 1. The Kier molecular flexibility index (Phi) is 5.88. The number of pyridine rings is 1. The number of hydrazone groups is 1. The van der Waals surface area contributed by atoms with E-state index in [1.807, 2.05) is 24.3 Å². The average molecular weight is 470 g/mol. The number of methoxy groups -OCH3 is 2. The second kappa shape index (κ2) is 9.30. The van der Waals surface area contributed by atoms with Gasteiger partial charge in [0.15, 0.2) is 11.5 Å². The van der Waals surface area contributed by atoms with E-state index >= 15 is 0 Å². The lowest BCUT2D eigenvalue weighted by Crippen LogP contribution is -2.27. The first-order valence-corrected chi connectivity index (χ1v) is 11.0. The molecule has 9 heteroatoms. The van der Waals surface area contributed by atoms with Crippen LogP contribution in [0.3, 0.4) is 0 Å². The second-order valence-corrected chi connectivity index (χ2v) is 7.95. The van der Waals surface area contributed by atoms with Crippen LogP contribution in [0.1, 0.15) is 33.9 Å². The first-order valence-electron chi connectivity index (χ1n) is 11.0. The predicted molar refractivity (Wildman–Crippen MR) is 130 cm³/mol. The number of H-pyrrole nitrogens is 1. The third-order valence-corrected chi connectivity index (χ3v) is 5.95. The topological polar surface area (TPSA) is 113 Å². The van der Waals surface area contributed by atoms with E-state index in [4.69, 9.17) is 9.47 Å². The van der Waals surface area contributed by atoms with E-state index in [9.17, 15) is 9.90 Å². The molecule has 1 aliphatic heterocycles. The molecule has 9 nitrogen and oxygen atoms in total. The normalized spacial score (nSPS) is 15.1. The summed E-state index contributed by atoms with van der Waals surface area (Å²) in [5.41, 5.74) is 3.70. The van der Waals surface area contributed by atoms with Crippen LogP contribution >= 0.6 is 0 Å². The number of para-hydroxylation sites is 1. The smallest absolute Gasteiger partial charge is 0.278 e. The number of carbonyl (C=O) groups excluding carboxylic acids is 1. The molecule has 0 aliphatic carbocycles. The van der Waals surface area contributed by atoms with Gasteiger partial charge in [-0.3, -0.25) is 14.9 Å². The molecule has 35 heavy (non-hydrogen) atoms. The quantitative estimate of drug-likeness (QED) is 0.438. The Morgan fingerprint density at radius 3 is 2.60 bits per heavy atom. The third kappa shape index (κ3) is 4.08. The van der Waals surface area contributed by atoms with Gasteiger partial charge in [-0.05, 0) is 30.3 Å². The predicted octanol–water partition coefficient (Wildman–Crippen LogP) is 4.19. The molecule has 4 aromatic rings. The molecule has 1 unspecified atom stereocenters. The van der Waals surface area contributed by atoms with Crippen LogP contribution in [0.2, 0.25) is 0 Å². The van der Waals surface area contributed by atoms with Gasteiger partial charge in [0.25, 0.3) is 5.91 Å². The van der Waals surface area contributed by atoms with Crippen molar-refractivity contribution < 1.29 is 19.4 Å². The first-order chi connectivity index (χ1) is 17.1. The molecule has 2 aromatic heterocycles. The van der Waals surface area contributed by atoms with Gasteiger partial charge in [-0.2, -0.15) is 10.2 Å². The second-order valence-electron chi connectivity index (χ2n) is 7.95. The van der Waals surface area contributed by atoms with Crippen molar-refractivity contribution in [2.24, 2.45) is 5.10 Å². The minimum absolute atomic E-state index is 0.102. The standard InChI is InChI=1S/C26H23N5O4/c1-34-23-10-9-16(12-24(23)35-2)25-19(15-28-29-25)26(33)31-21(18-7-3-4-8-22(18)32)13-20(30-31)17-6-5-11-27-14-17/h3-12,14-15,21,32H,13H2,1-2H3,(H,28,29). The Hall–Kier alpha value is -4.66. The Labute approximate surface area is 201 Å². The number of carbonyl (C=O) groups is 1. The maximum Gasteiger partial charge on any atom is 0.278 e. The van der Waals surface area contributed by atoms with Gasteiger partial charge in [0.05, 0.1) is 43.4 Å². The van der Waals surface area contributed by atoms with Crippen LogP contribution in [0, 0.1) is 0 Å². The fourth-order valence-electron chi connectivity index (χ4n) is 4.20. The van der Waals surface area contributed by atoms with E-state index < -0.39 is 6.04 Å². The maximum atomic E-state index is 13.9. The van der Waals surface area contributed by atoms with Crippen molar-refractivity contribution in [3.05, 3.63) is 89.9 Å². The Balaban J connectivity index is 1.56. The van der Waals surface area contributed by atoms with E-state index in [1.54, 1.807) is 56.9 Å². The minimum atomic E-state index is -0.493. The van der Waals surface area contributed by atoms with Crippen LogP contribution in [0.4, 0.5) is 0 Å². The highest BCUT2D eigenvalue weighted by molar-refractivity contribution is 6.06. The van der Waals surface area contributed by atoms with Gasteiger partial charge in [0.2, 0.25) is 0 Å². The molecule has 0 spiro atoms. The maximum absolute atomic E-state index is 13.9. The molecular formula is C26H23N5O4. The number of benzene rings is 2. The number of amides is 1. The molecule has 0 radical (unpaired) electrons. The third-order valence-electron chi connectivity index (χ3n) is 5.95. The average Bonchev–Trinajstić information content (AvgIpc) is 3.57. The zero-order valence-corrected chi connectivity index (χ0v) is 19.2. The summed E-state index contributed by atoms with van der Waals surface area (Å²) >= 11 is 0. The molecule has 0 fully saturated rings. The lowest BCUT2D eigenvalue weighted by molar-refractivity contribution is 0.0710. The number of aromatic amines is 1. The minimum Gasteiger partial charge on any atom is -0.508 e. The monoisotopic (exact) mass is 469 g/mol. The molecule has 0 bridgehead atoms. The van der Waals surface area contributed by atoms with Gasteiger partial charge in [0, 0.05) is 35.5 Å². The number of hydrogen-bond acceptors (Lipinski definition) is 7. The van der Waals surface area contributed by atoms with Crippen LogP contribution in [-0.4, -0.2) is 51.1 Å². The number of rotatable bonds is 6. The summed E-state index contributed by atoms with van der Waals surface area (Å²) in [6, 6.07) is 15.6. The summed E-state index contributed by atoms with van der Waals surface area (Å²) in [4.78, 5) is 18.0. The van der Waals surface area contributed by atoms with Crippen LogP contribution in [-0.2, 0) is 0 Å². The number of phenolic OH excluding ortho intramolecular Hbond substituents is 1. The molecule has 1 amide bonds. The van der Waals surface area contributed by atoms with E-state index in [0.717, 1.165) is 5.56 Å². The summed E-state index contributed by atoms with van der Waals surface area (Å²) in [6.07, 6.45) is 5.30. The van der Waals surface area contributed by atoms with E-state index in [-0.39, 0.29) is 11.7 Å². The van der Waals surface area contributed by atoms with E-state index in [1.165, 1.54) is 11.2 Å². The molecular weight excluding hydrogens is 446 g/mol. The fourth-order valence-corrected chi connectivity index (χ4v) is 4.20. The summed E-state index contributed by atoms with van der Waals surface area (Å²) in [6.45, 7) is 0. The Bertz CT molecular complexity index is 1400. The Morgan fingerprint density at radius 1 is 1.03 bits per heavy atom. The summed E-state index contributed by atoms with van der Waals surface area (Å²) in [7, 11) is 3.11. The molecule has 176 valence electrons. The molecule has 0 saturated carbocycles. The zero-order valence-electron chi connectivity index (χ0n) is 19.2. The van der Waals surface area contributed by atoms with Gasteiger partial charge in [-0.25, -0.2) is 5.01 Å². The van der Waals surface area contributed by atoms with E-state index in [0.29, 0.717) is 46.0 Å². The van der Waals surface area contributed by atoms with Gasteiger partial charge < -0.3 is 14.6 Å². The van der Waals surface area contributed by atoms with Gasteiger partial charge in [-0.15, -0.1) is 0 Å². The van der Waals surface area contributed by atoms with Crippen molar-refractivity contribution in [2.45, 2.75) is 12.5 Å².